The fourth-order valence-corrected chi connectivity index (χ4v) is 3.53. The van der Waals surface area contributed by atoms with Gasteiger partial charge in [-0.1, -0.05) is 46.3 Å². The van der Waals surface area contributed by atoms with E-state index in [2.05, 4.69) is 76.3 Å². The lowest BCUT2D eigenvalue weighted by Gasteiger charge is -2.28. The summed E-state index contributed by atoms with van der Waals surface area (Å²) in [5.74, 6) is 0.559. The van der Waals surface area contributed by atoms with Gasteiger partial charge in [-0.15, -0.1) is 0 Å². The van der Waals surface area contributed by atoms with E-state index in [1.54, 1.807) is 0 Å². The number of para-hydroxylation sites is 1. The van der Waals surface area contributed by atoms with Crippen LogP contribution < -0.4 is 10.6 Å². The highest BCUT2D eigenvalue weighted by molar-refractivity contribution is 9.10. The molecule has 0 bridgehead atoms. The quantitative estimate of drug-likeness (QED) is 0.886. The van der Waals surface area contributed by atoms with Crippen molar-refractivity contribution in [3.05, 3.63) is 64.1 Å². The Hall–Kier alpha value is -1.32. The molecule has 0 saturated carbocycles. The SMILES string of the molecule is CC(c1ccc(Br)cc1)N1CC(CCN)c2ccccc21. The third kappa shape index (κ3) is 2.85. The van der Waals surface area contributed by atoms with Gasteiger partial charge in [0.05, 0.1) is 6.04 Å². The van der Waals surface area contributed by atoms with Gasteiger partial charge in [-0.3, -0.25) is 0 Å². The molecule has 2 unspecified atom stereocenters. The van der Waals surface area contributed by atoms with Gasteiger partial charge in [0.2, 0.25) is 0 Å². The van der Waals surface area contributed by atoms with Crippen LogP contribution in [0.3, 0.4) is 0 Å². The zero-order valence-electron chi connectivity index (χ0n) is 12.3. The summed E-state index contributed by atoms with van der Waals surface area (Å²) in [6.07, 6.45) is 1.06. The van der Waals surface area contributed by atoms with Crippen molar-refractivity contribution in [1.82, 2.24) is 0 Å². The molecule has 0 aliphatic carbocycles. The summed E-state index contributed by atoms with van der Waals surface area (Å²) in [5, 5.41) is 0. The largest absolute Gasteiger partial charge is 0.364 e. The molecule has 2 aromatic carbocycles. The maximum Gasteiger partial charge on any atom is 0.0514 e. The second kappa shape index (κ2) is 6.20. The number of anilines is 1. The molecule has 2 aromatic rings. The number of hydrogen-bond acceptors (Lipinski definition) is 2. The predicted octanol–water partition coefficient (Wildman–Crippen LogP) is 4.46. The van der Waals surface area contributed by atoms with Crippen molar-refractivity contribution in [3.63, 3.8) is 0 Å². The lowest BCUT2D eigenvalue weighted by molar-refractivity contribution is 0.606. The van der Waals surface area contributed by atoms with Crippen LogP contribution in [0.1, 0.15) is 36.4 Å². The Kier molecular flexibility index (Phi) is 4.32. The van der Waals surface area contributed by atoms with Crippen molar-refractivity contribution < 1.29 is 0 Å². The van der Waals surface area contributed by atoms with E-state index in [9.17, 15) is 0 Å². The zero-order chi connectivity index (χ0) is 14.8. The molecule has 1 aliphatic rings. The topological polar surface area (TPSA) is 29.3 Å². The van der Waals surface area contributed by atoms with Gasteiger partial charge in [0, 0.05) is 22.6 Å². The number of fused-ring (bicyclic) bond motifs is 1. The molecule has 0 fully saturated rings. The van der Waals surface area contributed by atoms with Gasteiger partial charge in [0.1, 0.15) is 0 Å². The summed E-state index contributed by atoms with van der Waals surface area (Å²) >= 11 is 3.51. The van der Waals surface area contributed by atoms with Crippen LogP contribution in [0.25, 0.3) is 0 Å². The normalized spacial score (nSPS) is 18.6. The van der Waals surface area contributed by atoms with Crippen molar-refractivity contribution in [3.8, 4) is 0 Å². The van der Waals surface area contributed by atoms with E-state index in [1.165, 1.54) is 16.8 Å². The summed E-state index contributed by atoms with van der Waals surface area (Å²) in [7, 11) is 0. The molecular weight excluding hydrogens is 324 g/mol. The van der Waals surface area contributed by atoms with Crippen molar-refractivity contribution in [1.29, 1.82) is 0 Å². The van der Waals surface area contributed by atoms with Gasteiger partial charge in [0.15, 0.2) is 0 Å². The van der Waals surface area contributed by atoms with Gasteiger partial charge in [-0.2, -0.15) is 0 Å². The fraction of sp³-hybridized carbons (Fsp3) is 0.333. The van der Waals surface area contributed by atoms with E-state index in [-0.39, 0.29) is 0 Å². The van der Waals surface area contributed by atoms with E-state index in [0.717, 1.165) is 24.0 Å². The first-order valence-corrected chi connectivity index (χ1v) is 8.31. The number of nitrogens with two attached hydrogens (primary N) is 1. The Balaban J connectivity index is 1.90. The highest BCUT2D eigenvalue weighted by Gasteiger charge is 2.30. The van der Waals surface area contributed by atoms with Crippen LogP contribution in [0.15, 0.2) is 53.0 Å². The molecule has 2 atom stereocenters. The summed E-state index contributed by atoms with van der Waals surface area (Å²) in [6.45, 7) is 4.10. The van der Waals surface area contributed by atoms with Crippen molar-refractivity contribution >= 4 is 21.6 Å². The van der Waals surface area contributed by atoms with Gasteiger partial charge in [0.25, 0.3) is 0 Å². The summed E-state index contributed by atoms with van der Waals surface area (Å²) in [5.41, 5.74) is 9.96. The Labute approximate surface area is 135 Å². The Morgan fingerprint density at radius 3 is 2.62 bits per heavy atom. The fourth-order valence-electron chi connectivity index (χ4n) is 3.26. The number of benzene rings is 2. The van der Waals surface area contributed by atoms with Crippen molar-refractivity contribution in [2.75, 3.05) is 18.0 Å². The third-order valence-electron chi connectivity index (χ3n) is 4.44. The first kappa shape index (κ1) is 14.6. The van der Waals surface area contributed by atoms with Crippen LogP contribution in [-0.2, 0) is 0 Å². The van der Waals surface area contributed by atoms with Crippen molar-refractivity contribution in [2.24, 2.45) is 5.73 Å². The van der Waals surface area contributed by atoms with Crippen LogP contribution in [0.5, 0.6) is 0 Å². The molecule has 0 amide bonds. The molecule has 3 heteroatoms. The molecule has 1 heterocycles. The molecule has 1 aliphatic heterocycles. The van der Waals surface area contributed by atoms with Crippen LogP contribution in [0.4, 0.5) is 5.69 Å². The molecule has 2 nitrogen and oxygen atoms in total. The Bertz CT molecular complexity index is 609. The maximum absolute atomic E-state index is 5.79. The summed E-state index contributed by atoms with van der Waals surface area (Å²) in [6, 6.07) is 17.8. The number of rotatable bonds is 4. The summed E-state index contributed by atoms with van der Waals surface area (Å²) < 4.78 is 1.13. The molecule has 2 N–H and O–H groups in total. The smallest absolute Gasteiger partial charge is 0.0514 e. The Morgan fingerprint density at radius 1 is 1.19 bits per heavy atom. The van der Waals surface area contributed by atoms with E-state index in [1.807, 2.05) is 0 Å². The molecule has 3 rings (SSSR count). The number of hydrogen-bond donors (Lipinski definition) is 1. The second-order valence-electron chi connectivity index (χ2n) is 5.71. The minimum absolute atomic E-state index is 0.377. The first-order chi connectivity index (χ1) is 10.2. The van der Waals surface area contributed by atoms with Crippen LogP contribution in [-0.4, -0.2) is 13.1 Å². The molecule has 0 radical (unpaired) electrons. The molecule has 110 valence electrons. The standard InChI is InChI=1S/C18H21BrN2/c1-13(14-6-8-16(19)9-7-14)21-12-15(10-11-20)17-4-2-3-5-18(17)21/h2-9,13,15H,10-12,20H2,1H3. The third-order valence-corrected chi connectivity index (χ3v) is 4.97. The Morgan fingerprint density at radius 2 is 1.90 bits per heavy atom. The maximum atomic E-state index is 5.79. The van der Waals surface area contributed by atoms with Gasteiger partial charge >= 0.3 is 0 Å². The average Bonchev–Trinajstić information content (AvgIpc) is 2.87. The highest BCUT2D eigenvalue weighted by Crippen LogP contribution is 2.42. The monoisotopic (exact) mass is 344 g/mol. The molecule has 0 aromatic heterocycles. The number of nitrogens with zero attached hydrogens (tertiary/aromatic N) is 1. The van der Waals surface area contributed by atoms with Crippen LogP contribution >= 0.6 is 15.9 Å². The summed E-state index contributed by atoms with van der Waals surface area (Å²) in [4.78, 5) is 2.51. The zero-order valence-corrected chi connectivity index (χ0v) is 13.9. The molecule has 21 heavy (non-hydrogen) atoms. The minimum atomic E-state index is 0.377. The van der Waals surface area contributed by atoms with E-state index < -0.39 is 0 Å². The molecule has 0 spiro atoms. The number of halogens is 1. The van der Waals surface area contributed by atoms with Crippen LogP contribution in [0.2, 0.25) is 0 Å². The van der Waals surface area contributed by atoms with Crippen LogP contribution in [0, 0.1) is 0 Å². The molecule has 0 saturated heterocycles. The predicted molar refractivity (Wildman–Crippen MR) is 92.8 cm³/mol. The van der Waals surface area contributed by atoms with Gasteiger partial charge in [-0.25, -0.2) is 0 Å². The first-order valence-electron chi connectivity index (χ1n) is 7.52. The lowest BCUT2D eigenvalue weighted by atomic mass is 9.98. The minimum Gasteiger partial charge on any atom is -0.364 e. The lowest BCUT2D eigenvalue weighted by Crippen LogP contribution is -2.26. The van der Waals surface area contributed by atoms with Gasteiger partial charge in [-0.05, 0) is 49.2 Å². The van der Waals surface area contributed by atoms with E-state index in [4.69, 9.17) is 5.73 Å². The van der Waals surface area contributed by atoms with E-state index >= 15 is 0 Å². The average molecular weight is 345 g/mol. The van der Waals surface area contributed by atoms with Crippen molar-refractivity contribution in [2.45, 2.75) is 25.3 Å². The van der Waals surface area contributed by atoms with E-state index in [0.29, 0.717) is 12.0 Å². The van der Waals surface area contributed by atoms with Gasteiger partial charge < -0.3 is 10.6 Å². The molecular formula is C18H21BrN2. The highest BCUT2D eigenvalue weighted by atomic mass is 79.9. The second-order valence-corrected chi connectivity index (χ2v) is 6.63.